The van der Waals surface area contributed by atoms with Crippen LogP contribution in [0.5, 0.6) is 0 Å². The van der Waals surface area contributed by atoms with Gasteiger partial charge in [-0.3, -0.25) is 9.36 Å². The number of nitrogens with one attached hydrogen (secondary N) is 1. The van der Waals surface area contributed by atoms with Crippen molar-refractivity contribution in [2.75, 3.05) is 43.5 Å². The van der Waals surface area contributed by atoms with E-state index in [-0.39, 0.29) is 11.3 Å². The third-order valence-corrected chi connectivity index (χ3v) is 8.63. The summed E-state index contributed by atoms with van der Waals surface area (Å²) in [6.07, 6.45) is 8.88. The van der Waals surface area contributed by atoms with Crippen molar-refractivity contribution >= 4 is 44.8 Å². The smallest absolute Gasteiger partial charge is 0.265 e. The van der Waals surface area contributed by atoms with Crippen molar-refractivity contribution in [3.05, 3.63) is 101 Å². The highest BCUT2D eigenvalue weighted by molar-refractivity contribution is 5.98. The Kier molecular flexibility index (Phi) is 7.71. The third kappa shape index (κ3) is 5.37. The van der Waals surface area contributed by atoms with E-state index in [4.69, 9.17) is 10.5 Å². The number of hydrogen-bond acceptors (Lipinski definition) is 8. The van der Waals surface area contributed by atoms with Gasteiger partial charge in [0, 0.05) is 53.3 Å². The lowest BCUT2D eigenvalue weighted by atomic mass is 9.99. The maximum absolute atomic E-state index is 15.3. The Balaban J connectivity index is 1.30. The second kappa shape index (κ2) is 12.0. The van der Waals surface area contributed by atoms with Gasteiger partial charge in [-0.05, 0) is 73.0 Å². The fraction of sp³-hybridized carbons (Fsp3) is 0.257. The standard InChI is InChI=1S/C35H34FN7O3/c1-3-4-29(43-10-9-22-15-24(21-5-6-21)16-27(36)31(22)34(43)45)26(19-44)20(2)32-25-17-28(39-33(25)41-35(37)40-32)23-7-8-30(38-18-23)42-11-13-46-14-12-42/h3-4,7-10,15-18,21,44H,2,5-6,11-14,19H2,1H3,(H3,37,39,40,41)/b4-3-,29-26+. The van der Waals surface area contributed by atoms with Crippen LogP contribution in [-0.4, -0.2) is 62.5 Å². The van der Waals surface area contributed by atoms with Crippen molar-refractivity contribution in [3.63, 3.8) is 0 Å². The van der Waals surface area contributed by atoms with E-state index in [0.29, 0.717) is 58.1 Å². The summed E-state index contributed by atoms with van der Waals surface area (Å²) in [4.78, 5) is 32.8. The van der Waals surface area contributed by atoms with Crippen molar-refractivity contribution < 1.29 is 14.2 Å². The summed E-state index contributed by atoms with van der Waals surface area (Å²) in [6, 6.07) is 10.9. The largest absolute Gasteiger partial charge is 0.392 e. The Bertz CT molecular complexity index is 2100. The van der Waals surface area contributed by atoms with Gasteiger partial charge in [-0.25, -0.2) is 14.4 Å². The predicted octanol–water partition coefficient (Wildman–Crippen LogP) is 5.26. The number of H-pyrrole nitrogens is 1. The Hall–Kier alpha value is -5.13. The number of ether oxygens (including phenoxy) is 1. The molecule has 0 bridgehead atoms. The van der Waals surface area contributed by atoms with Crippen LogP contribution in [-0.2, 0) is 4.74 Å². The van der Waals surface area contributed by atoms with Crippen LogP contribution in [0.1, 0.15) is 36.9 Å². The molecule has 1 aliphatic carbocycles. The van der Waals surface area contributed by atoms with Crippen LogP contribution in [0, 0.1) is 5.82 Å². The van der Waals surface area contributed by atoms with E-state index in [1.165, 1.54) is 10.6 Å². The molecule has 1 aliphatic heterocycles. The van der Waals surface area contributed by atoms with Gasteiger partial charge in [0.25, 0.3) is 5.56 Å². The molecule has 2 aliphatic rings. The molecular weight excluding hydrogens is 585 g/mol. The van der Waals surface area contributed by atoms with Gasteiger partial charge >= 0.3 is 0 Å². The number of anilines is 2. The number of nitrogen functional groups attached to an aromatic ring is 1. The summed E-state index contributed by atoms with van der Waals surface area (Å²) in [5.74, 6) is 0.684. The minimum absolute atomic E-state index is 0.00556. The molecule has 2 fully saturated rings. The van der Waals surface area contributed by atoms with E-state index in [1.807, 2.05) is 24.3 Å². The van der Waals surface area contributed by atoms with E-state index >= 15 is 4.39 Å². The molecule has 0 radical (unpaired) electrons. The van der Waals surface area contributed by atoms with Crippen LogP contribution < -0.4 is 16.2 Å². The summed E-state index contributed by atoms with van der Waals surface area (Å²) >= 11 is 0. The molecule has 4 aromatic heterocycles. The van der Waals surface area contributed by atoms with Crippen LogP contribution in [0.4, 0.5) is 16.2 Å². The molecule has 11 heteroatoms. The number of fused-ring (bicyclic) bond motifs is 2. The molecule has 0 spiro atoms. The second-order valence-corrected chi connectivity index (χ2v) is 11.6. The molecule has 4 N–H and O–H groups in total. The molecule has 234 valence electrons. The zero-order chi connectivity index (χ0) is 31.9. The van der Waals surface area contributed by atoms with Crippen molar-refractivity contribution in [2.24, 2.45) is 0 Å². The SMILES string of the molecule is C=C(/C(CO)=C(\C=C/C)n1ccc2cc(C3CC3)cc(F)c2c1=O)c1nc(N)nc2[nH]c(-c3ccc(N4CCOCC4)nc3)cc12. The molecule has 7 rings (SSSR count). The van der Waals surface area contributed by atoms with Gasteiger partial charge in [-0.1, -0.05) is 18.7 Å². The van der Waals surface area contributed by atoms with Crippen molar-refractivity contribution in [1.29, 1.82) is 0 Å². The number of aliphatic hydroxyl groups is 1. The Morgan fingerprint density at radius 3 is 2.70 bits per heavy atom. The first-order valence-electron chi connectivity index (χ1n) is 15.3. The molecule has 1 aromatic carbocycles. The van der Waals surface area contributed by atoms with E-state index in [9.17, 15) is 9.90 Å². The molecular formula is C35H34FN7O3. The number of halogens is 1. The minimum Gasteiger partial charge on any atom is -0.392 e. The summed E-state index contributed by atoms with van der Waals surface area (Å²) < 4.78 is 22.1. The maximum Gasteiger partial charge on any atom is 0.265 e. The Labute approximate surface area is 264 Å². The number of aromatic nitrogens is 5. The quantitative estimate of drug-likeness (QED) is 0.200. The highest BCUT2D eigenvalue weighted by atomic mass is 19.1. The summed E-state index contributed by atoms with van der Waals surface area (Å²) in [7, 11) is 0. The zero-order valence-electron chi connectivity index (χ0n) is 25.5. The van der Waals surface area contributed by atoms with Crippen LogP contribution in [0.3, 0.4) is 0 Å². The fourth-order valence-electron chi connectivity index (χ4n) is 6.09. The van der Waals surface area contributed by atoms with Gasteiger partial charge in [0.05, 0.1) is 36.6 Å². The monoisotopic (exact) mass is 619 g/mol. The summed E-state index contributed by atoms with van der Waals surface area (Å²) in [6.45, 7) is 8.53. The first-order chi connectivity index (χ1) is 22.4. The number of rotatable bonds is 8. The fourth-order valence-corrected chi connectivity index (χ4v) is 6.09. The molecule has 1 saturated heterocycles. The summed E-state index contributed by atoms with van der Waals surface area (Å²) in [5.41, 5.74) is 10.0. The zero-order valence-corrected chi connectivity index (χ0v) is 25.5. The number of hydrogen-bond donors (Lipinski definition) is 3. The van der Waals surface area contributed by atoms with E-state index in [2.05, 4.69) is 31.4 Å². The molecule has 5 heterocycles. The van der Waals surface area contributed by atoms with Crippen LogP contribution in [0.15, 0.2) is 77.9 Å². The maximum atomic E-state index is 15.3. The lowest BCUT2D eigenvalue weighted by molar-refractivity contribution is 0.122. The first kappa shape index (κ1) is 29.6. The number of morpholine rings is 1. The van der Waals surface area contributed by atoms with Crippen LogP contribution >= 0.6 is 0 Å². The molecule has 46 heavy (non-hydrogen) atoms. The molecule has 0 atom stereocenters. The lowest BCUT2D eigenvalue weighted by Crippen LogP contribution is -2.36. The van der Waals surface area contributed by atoms with Crippen LogP contribution in [0.2, 0.25) is 0 Å². The van der Waals surface area contributed by atoms with Crippen molar-refractivity contribution in [1.82, 2.24) is 24.5 Å². The number of aromatic amines is 1. The van der Waals surface area contributed by atoms with Crippen molar-refractivity contribution in [2.45, 2.75) is 25.7 Å². The minimum atomic E-state index is -0.555. The summed E-state index contributed by atoms with van der Waals surface area (Å²) in [5, 5.41) is 11.9. The predicted molar refractivity (Wildman–Crippen MR) is 179 cm³/mol. The molecule has 5 aromatic rings. The van der Waals surface area contributed by atoms with Gasteiger partial charge in [0.1, 0.15) is 17.3 Å². The number of pyridine rings is 2. The van der Waals surface area contributed by atoms with Gasteiger partial charge in [0.2, 0.25) is 5.95 Å². The van der Waals surface area contributed by atoms with Gasteiger partial charge in [0.15, 0.2) is 0 Å². The normalized spacial score (nSPS) is 16.0. The average Bonchev–Trinajstić information content (AvgIpc) is 3.84. The molecule has 1 saturated carbocycles. The highest BCUT2D eigenvalue weighted by Gasteiger charge is 2.26. The van der Waals surface area contributed by atoms with Gasteiger partial charge in [-0.2, -0.15) is 4.98 Å². The number of allylic oxidation sites excluding steroid dienone is 3. The molecule has 0 amide bonds. The Morgan fingerprint density at radius 1 is 1.20 bits per heavy atom. The number of aliphatic hydroxyl groups excluding tert-OH is 1. The second-order valence-electron chi connectivity index (χ2n) is 11.6. The van der Waals surface area contributed by atoms with E-state index < -0.39 is 18.0 Å². The third-order valence-electron chi connectivity index (χ3n) is 8.63. The number of nitrogens with zero attached hydrogens (tertiary/aromatic N) is 5. The molecule has 0 unspecified atom stereocenters. The van der Waals surface area contributed by atoms with Crippen LogP contribution in [0.25, 0.3) is 44.3 Å². The van der Waals surface area contributed by atoms with Crippen molar-refractivity contribution in [3.8, 4) is 11.3 Å². The lowest BCUT2D eigenvalue weighted by Gasteiger charge is -2.27. The Morgan fingerprint density at radius 2 is 2.00 bits per heavy atom. The topological polar surface area (TPSA) is 135 Å². The van der Waals surface area contributed by atoms with Gasteiger partial charge in [-0.15, -0.1) is 0 Å². The van der Waals surface area contributed by atoms with E-state index in [0.717, 1.165) is 48.6 Å². The average molecular weight is 620 g/mol. The molecule has 10 nitrogen and oxygen atoms in total. The highest BCUT2D eigenvalue weighted by Crippen LogP contribution is 2.41. The van der Waals surface area contributed by atoms with E-state index in [1.54, 1.807) is 37.5 Å². The number of benzene rings is 1. The van der Waals surface area contributed by atoms with Gasteiger partial charge < -0.3 is 25.5 Å². The first-order valence-corrected chi connectivity index (χ1v) is 15.3. The number of nitrogens with two attached hydrogens (primary N) is 1.